The van der Waals surface area contributed by atoms with Crippen LogP contribution in [0, 0.1) is 0 Å². The third-order valence-electron chi connectivity index (χ3n) is 8.92. The number of halogens is 2. The summed E-state index contributed by atoms with van der Waals surface area (Å²) in [7, 11) is 2.13. The monoisotopic (exact) mass is 680 g/mol. The van der Waals surface area contributed by atoms with Crippen LogP contribution in [-0.4, -0.2) is 77.2 Å². The van der Waals surface area contributed by atoms with Crippen LogP contribution in [0.4, 0.5) is 11.5 Å². The predicted molar refractivity (Wildman–Crippen MR) is 206 cm³/mol. The highest BCUT2D eigenvalue weighted by Gasteiger charge is 2.28. The zero-order valence-electron chi connectivity index (χ0n) is 28.3. The Balaban J connectivity index is 1.29. The molecule has 0 saturated carbocycles. The molecule has 6 nitrogen and oxygen atoms in total. The molecule has 250 valence electrons. The van der Waals surface area contributed by atoms with Gasteiger partial charge in [0.05, 0.1) is 23.8 Å². The maximum atomic E-state index is 6.34. The number of anilines is 1. The maximum Gasteiger partial charge on any atom is 0.145 e. The number of nitrogens with zero attached hydrogens (tertiary/aromatic N) is 6. The van der Waals surface area contributed by atoms with Gasteiger partial charge >= 0.3 is 0 Å². The molecule has 2 aliphatic rings. The lowest BCUT2D eigenvalue weighted by Crippen LogP contribution is -2.50. The smallest absolute Gasteiger partial charge is 0.145 e. The van der Waals surface area contributed by atoms with E-state index in [9.17, 15) is 0 Å². The van der Waals surface area contributed by atoms with E-state index in [1.165, 1.54) is 5.56 Å². The van der Waals surface area contributed by atoms with Crippen molar-refractivity contribution in [1.82, 2.24) is 19.8 Å². The first kappa shape index (κ1) is 35.5. The third-order valence-corrected chi connectivity index (χ3v) is 9.32. The van der Waals surface area contributed by atoms with Crippen molar-refractivity contribution in [2.75, 3.05) is 44.7 Å². The van der Waals surface area contributed by atoms with Gasteiger partial charge in [-0.1, -0.05) is 85.5 Å². The average Bonchev–Trinajstić information content (AvgIpc) is 3.51. The summed E-state index contributed by atoms with van der Waals surface area (Å²) in [5.41, 5.74) is 5.49. The molecule has 0 bridgehead atoms. The van der Waals surface area contributed by atoms with Crippen LogP contribution in [0.5, 0.6) is 0 Å². The summed E-state index contributed by atoms with van der Waals surface area (Å²) < 4.78 is 0. The molecule has 0 radical (unpaired) electrons. The molecule has 2 aliphatic heterocycles. The average molecular weight is 682 g/mol. The molecule has 3 aromatic rings. The van der Waals surface area contributed by atoms with Crippen molar-refractivity contribution in [3.05, 3.63) is 132 Å². The van der Waals surface area contributed by atoms with Gasteiger partial charge in [0, 0.05) is 67.7 Å². The van der Waals surface area contributed by atoms with Crippen LogP contribution in [-0.2, 0) is 6.54 Å². The quantitative estimate of drug-likeness (QED) is 0.126. The maximum absolute atomic E-state index is 6.34. The Bertz CT molecular complexity index is 1750. The van der Waals surface area contributed by atoms with Crippen LogP contribution < -0.4 is 4.90 Å². The summed E-state index contributed by atoms with van der Waals surface area (Å²) in [6.07, 6.45) is 16.7. The molecule has 0 aliphatic carbocycles. The summed E-state index contributed by atoms with van der Waals surface area (Å²) in [5.74, 6) is 2.14. The van der Waals surface area contributed by atoms with Crippen LogP contribution in [0.3, 0.4) is 0 Å². The topological polar surface area (TPSA) is 47.9 Å². The highest BCUT2D eigenvalue weighted by Crippen LogP contribution is 2.34. The van der Waals surface area contributed by atoms with Gasteiger partial charge < -0.3 is 4.90 Å². The van der Waals surface area contributed by atoms with Crippen LogP contribution in [0.2, 0.25) is 0 Å². The van der Waals surface area contributed by atoms with E-state index in [-0.39, 0.29) is 11.4 Å². The van der Waals surface area contributed by atoms with Crippen molar-refractivity contribution in [2.24, 2.45) is 4.99 Å². The van der Waals surface area contributed by atoms with E-state index in [4.69, 9.17) is 33.2 Å². The number of para-hydroxylation sites is 2. The lowest BCUT2D eigenvalue weighted by Gasteiger charge is -2.40. The Hall–Kier alpha value is -3.81. The Morgan fingerprint density at radius 2 is 1.79 bits per heavy atom. The third kappa shape index (κ3) is 9.00. The number of aliphatic imine (C=N–C) groups is 1. The molecule has 1 saturated heterocycles. The van der Waals surface area contributed by atoms with E-state index in [2.05, 4.69) is 102 Å². The molecule has 3 heterocycles. The summed E-state index contributed by atoms with van der Waals surface area (Å²) in [6.45, 7) is 17.3. The van der Waals surface area contributed by atoms with Gasteiger partial charge in [0.1, 0.15) is 11.6 Å². The normalized spacial score (nSPS) is 18.9. The number of piperazine rings is 1. The first-order valence-corrected chi connectivity index (χ1v) is 17.5. The second kappa shape index (κ2) is 17.0. The fourth-order valence-electron chi connectivity index (χ4n) is 6.38. The number of hydrogen-bond donors (Lipinski definition) is 0. The van der Waals surface area contributed by atoms with Gasteiger partial charge in [-0.2, -0.15) is 0 Å². The molecule has 1 aromatic heterocycles. The second-order valence-electron chi connectivity index (χ2n) is 12.4. The fourth-order valence-corrected chi connectivity index (χ4v) is 6.61. The van der Waals surface area contributed by atoms with Gasteiger partial charge in [-0.25, -0.2) is 9.97 Å². The molecule has 1 fully saturated rings. The molecule has 0 amide bonds. The number of benzene rings is 2. The minimum atomic E-state index is -0.0645. The second-order valence-corrected chi connectivity index (χ2v) is 13.5. The van der Waals surface area contributed by atoms with E-state index >= 15 is 0 Å². The number of fused-ring (bicyclic) bond motifs is 2. The molecule has 5 rings (SSSR count). The highest BCUT2D eigenvalue weighted by atomic mass is 35.5. The Morgan fingerprint density at radius 1 is 1.04 bits per heavy atom. The first-order valence-electron chi connectivity index (χ1n) is 16.7. The van der Waals surface area contributed by atoms with Crippen LogP contribution in [0.1, 0.15) is 37.6 Å². The minimum absolute atomic E-state index is 0.00214. The molecule has 8 heteroatoms. The van der Waals surface area contributed by atoms with Crippen LogP contribution in [0.15, 0.2) is 125 Å². The van der Waals surface area contributed by atoms with Gasteiger partial charge in [0.15, 0.2) is 0 Å². The molecule has 0 spiro atoms. The zero-order chi connectivity index (χ0) is 34.0. The van der Waals surface area contributed by atoms with Crippen molar-refractivity contribution in [3.8, 4) is 0 Å². The Kier molecular flexibility index (Phi) is 12.6. The van der Waals surface area contributed by atoms with E-state index < -0.39 is 0 Å². The lowest BCUT2D eigenvalue weighted by atomic mass is 9.95. The number of rotatable bonds is 14. The Labute approximate surface area is 296 Å². The standard InChI is InChI=1S/C40H46Cl2N6/c1-6-12-33(42)20-17-29(3)39(31(7-2)19-18-30(4)41)48-25-23-47(24-26-48)28-38-44-37-16-11-9-14-35(37)40(45-38)46(5)22-21-32-27-43-36-15-10-8-13-34(32)36/h6-20,27,30,32,39H,1,3,21-26,28H2,2,4-5H3/b19-18-,20-17-,31-7+,33-12+. The number of aromatic nitrogens is 2. The zero-order valence-corrected chi connectivity index (χ0v) is 29.8. The predicted octanol–water partition coefficient (Wildman–Crippen LogP) is 8.99. The summed E-state index contributed by atoms with van der Waals surface area (Å²) in [4.78, 5) is 22.0. The van der Waals surface area contributed by atoms with Gasteiger partial charge in [-0.05, 0) is 67.3 Å². The molecule has 48 heavy (non-hydrogen) atoms. The number of hydrogen-bond acceptors (Lipinski definition) is 6. The molecule has 0 N–H and O–H groups in total. The van der Waals surface area contributed by atoms with Crippen molar-refractivity contribution in [1.29, 1.82) is 0 Å². The largest absolute Gasteiger partial charge is 0.359 e. The van der Waals surface area contributed by atoms with E-state index in [0.717, 1.165) is 78.5 Å². The van der Waals surface area contributed by atoms with E-state index in [0.29, 0.717) is 17.5 Å². The SMILES string of the molecule is C=C/C=C(Cl)\C=C/C(=C)C(C(/C=C\C(C)Cl)=C/C)N1CCN(Cc2nc(N(C)CCC3C=Nc4ccccc43)c3ccccc3n2)CC1. The van der Waals surface area contributed by atoms with E-state index in [1.807, 2.05) is 37.3 Å². The lowest BCUT2D eigenvalue weighted by molar-refractivity contribution is 0.114. The van der Waals surface area contributed by atoms with Crippen molar-refractivity contribution < 1.29 is 0 Å². The summed E-state index contributed by atoms with van der Waals surface area (Å²) in [5, 5.41) is 1.62. The highest BCUT2D eigenvalue weighted by molar-refractivity contribution is 6.31. The summed E-state index contributed by atoms with van der Waals surface area (Å²) in [6, 6.07) is 16.7. The van der Waals surface area contributed by atoms with E-state index in [1.54, 1.807) is 12.2 Å². The summed E-state index contributed by atoms with van der Waals surface area (Å²) >= 11 is 12.6. The molecule has 3 atom stereocenters. The van der Waals surface area contributed by atoms with Crippen molar-refractivity contribution in [2.45, 2.75) is 44.1 Å². The number of alkyl halides is 1. The molecule has 3 unspecified atom stereocenters. The van der Waals surface area contributed by atoms with Crippen LogP contribution in [0.25, 0.3) is 10.9 Å². The number of allylic oxidation sites excluding steroid dienone is 6. The Morgan fingerprint density at radius 3 is 2.54 bits per heavy atom. The van der Waals surface area contributed by atoms with Gasteiger partial charge in [0.2, 0.25) is 0 Å². The van der Waals surface area contributed by atoms with Gasteiger partial charge in [-0.15, -0.1) is 11.6 Å². The van der Waals surface area contributed by atoms with Gasteiger partial charge in [0.25, 0.3) is 0 Å². The molecular weight excluding hydrogens is 635 g/mol. The fraction of sp³-hybridized carbons (Fsp3) is 0.325. The first-order chi connectivity index (χ1) is 23.3. The minimum Gasteiger partial charge on any atom is -0.359 e. The van der Waals surface area contributed by atoms with Crippen molar-refractivity contribution >= 4 is 51.8 Å². The molecule has 2 aromatic carbocycles. The van der Waals surface area contributed by atoms with Gasteiger partial charge in [-0.3, -0.25) is 14.8 Å². The van der Waals surface area contributed by atoms with Crippen molar-refractivity contribution in [3.63, 3.8) is 0 Å². The van der Waals surface area contributed by atoms with Crippen LogP contribution >= 0.6 is 23.2 Å². The molecular formula is C40H46Cl2N6.